The standard InChI is InChI=1S/C18H18N2O2/c1-12-7-8-17(13(2)9-12)20-18(21)11-16(19-20)14-5-4-6-15(10-14)22-3/h4-10H,11H2,1-3H3. The number of rotatable bonds is 3. The van der Waals surface area contributed by atoms with Crippen LogP contribution in [0.3, 0.4) is 0 Å². The van der Waals surface area contributed by atoms with Crippen LogP contribution in [0.1, 0.15) is 23.1 Å². The summed E-state index contributed by atoms with van der Waals surface area (Å²) >= 11 is 0. The Hall–Kier alpha value is -2.62. The molecule has 0 N–H and O–H groups in total. The lowest BCUT2D eigenvalue weighted by molar-refractivity contribution is -0.116. The molecule has 0 aliphatic carbocycles. The highest BCUT2D eigenvalue weighted by atomic mass is 16.5. The van der Waals surface area contributed by atoms with Gasteiger partial charge in [-0.2, -0.15) is 10.1 Å². The Kier molecular flexibility index (Phi) is 3.67. The molecule has 0 saturated carbocycles. The topological polar surface area (TPSA) is 41.9 Å². The number of ether oxygens (including phenoxy) is 1. The van der Waals surface area contributed by atoms with Crippen molar-refractivity contribution >= 4 is 17.3 Å². The summed E-state index contributed by atoms with van der Waals surface area (Å²) in [6.45, 7) is 4.03. The Morgan fingerprint density at radius 1 is 1.14 bits per heavy atom. The highest BCUT2D eigenvalue weighted by Crippen LogP contribution is 2.27. The zero-order valence-corrected chi connectivity index (χ0v) is 13.0. The molecule has 0 radical (unpaired) electrons. The summed E-state index contributed by atoms with van der Waals surface area (Å²) in [5.41, 5.74) is 4.74. The van der Waals surface area contributed by atoms with E-state index in [0.29, 0.717) is 6.42 Å². The maximum Gasteiger partial charge on any atom is 0.253 e. The van der Waals surface area contributed by atoms with E-state index >= 15 is 0 Å². The number of benzene rings is 2. The summed E-state index contributed by atoms with van der Waals surface area (Å²) in [4.78, 5) is 12.3. The molecular weight excluding hydrogens is 276 g/mol. The number of hydrogen-bond donors (Lipinski definition) is 0. The molecule has 22 heavy (non-hydrogen) atoms. The maximum atomic E-state index is 12.3. The predicted molar refractivity (Wildman–Crippen MR) is 87.6 cm³/mol. The van der Waals surface area contributed by atoms with Crippen LogP contribution in [0.4, 0.5) is 5.69 Å². The smallest absolute Gasteiger partial charge is 0.253 e. The van der Waals surface area contributed by atoms with Gasteiger partial charge in [0.2, 0.25) is 0 Å². The summed E-state index contributed by atoms with van der Waals surface area (Å²) < 4.78 is 5.23. The average molecular weight is 294 g/mol. The van der Waals surface area contributed by atoms with Gasteiger partial charge in [0.25, 0.3) is 5.91 Å². The second kappa shape index (κ2) is 5.64. The number of anilines is 1. The van der Waals surface area contributed by atoms with Crippen molar-refractivity contribution in [1.29, 1.82) is 0 Å². The first-order valence-electron chi connectivity index (χ1n) is 7.20. The molecule has 4 nitrogen and oxygen atoms in total. The molecule has 0 saturated heterocycles. The van der Waals surface area contributed by atoms with Crippen LogP contribution in [0.15, 0.2) is 47.6 Å². The highest BCUT2D eigenvalue weighted by molar-refractivity contribution is 6.19. The van der Waals surface area contributed by atoms with Crippen molar-refractivity contribution in [2.45, 2.75) is 20.3 Å². The molecule has 0 unspecified atom stereocenters. The number of nitrogens with zero attached hydrogens (tertiary/aromatic N) is 2. The van der Waals surface area contributed by atoms with Gasteiger partial charge in [-0.05, 0) is 37.6 Å². The number of hydrazone groups is 1. The average Bonchev–Trinajstić information content (AvgIpc) is 2.89. The van der Waals surface area contributed by atoms with E-state index in [0.717, 1.165) is 28.3 Å². The minimum Gasteiger partial charge on any atom is -0.497 e. The Bertz CT molecular complexity index is 765. The largest absolute Gasteiger partial charge is 0.497 e. The fourth-order valence-corrected chi connectivity index (χ4v) is 2.62. The van der Waals surface area contributed by atoms with E-state index in [2.05, 4.69) is 11.2 Å². The normalized spacial score (nSPS) is 14.2. The first-order chi connectivity index (χ1) is 10.6. The van der Waals surface area contributed by atoms with Crippen LogP contribution in [0.25, 0.3) is 0 Å². The van der Waals surface area contributed by atoms with Crippen molar-refractivity contribution in [3.63, 3.8) is 0 Å². The van der Waals surface area contributed by atoms with Gasteiger partial charge >= 0.3 is 0 Å². The van der Waals surface area contributed by atoms with Gasteiger partial charge in [0, 0.05) is 5.56 Å². The van der Waals surface area contributed by atoms with Gasteiger partial charge in [0.1, 0.15) is 5.75 Å². The molecule has 1 heterocycles. The van der Waals surface area contributed by atoms with Gasteiger partial charge in [-0.15, -0.1) is 0 Å². The number of carbonyl (C=O) groups is 1. The molecule has 0 aromatic heterocycles. The van der Waals surface area contributed by atoms with Gasteiger partial charge in [-0.3, -0.25) is 4.79 Å². The summed E-state index contributed by atoms with van der Waals surface area (Å²) in [6.07, 6.45) is 0.306. The fraction of sp³-hybridized carbons (Fsp3) is 0.222. The van der Waals surface area contributed by atoms with Crippen LogP contribution in [-0.2, 0) is 4.79 Å². The van der Waals surface area contributed by atoms with Gasteiger partial charge in [0.15, 0.2) is 0 Å². The molecule has 112 valence electrons. The molecule has 1 amide bonds. The number of aryl methyl sites for hydroxylation is 2. The van der Waals surface area contributed by atoms with E-state index in [-0.39, 0.29) is 5.91 Å². The molecular formula is C18H18N2O2. The van der Waals surface area contributed by atoms with Crippen molar-refractivity contribution < 1.29 is 9.53 Å². The molecule has 3 rings (SSSR count). The Morgan fingerprint density at radius 3 is 2.68 bits per heavy atom. The van der Waals surface area contributed by atoms with E-state index in [1.807, 2.05) is 50.2 Å². The van der Waals surface area contributed by atoms with Crippen molar-refractivity contribution in [3.05, 3.63) is 59.2 Å². The van der Waals surface area contributed by atoms with Crippen LogP contribution in [0.5, 0.6) is 5.75 Å². The third kappa shape index (κ3) is 2.60. The van der Waals surface area contributed by atoms with Crippen LogP contribution in [0, 0.1) is 13.8 Å². The zero-order chi connectivity index (χ0) is 15.7. The van der Waals surface area contributed by atoms with Crippen molar-refractivity contribution in [2.24, 2.45) is 5.10 Å². The predicted octanol–water partition coefficient (Wildman–Crippen LogP) is 3.45. The Morgan fingerprint density at radius 2 is 1.95 bits per heavy atom. The number of amides is 1. The molecule has 0 spiro atoms. The lowest BCUT2D eigenvalue weighted by Gasteiger charge is -2.14. The minimum atomic E-state index is -0.00947. The lowest BCUT2D eigenvalue weighted by atomic mass is 10.1. The summed E-state index contributed by atoms with van der Waals surface area (Å²) in [5, 5.41) is 6.02. The van der Waals surface area contributed by atoms with Crippen molar-refractivity contribution in [3.8, 4) is 5.75 Å². The second-order valence-electron chi connectivity index (χ2n) is 5.45. The van der Waals surface area contributed by atoms with Crippen molar-refractivity contribution in [2.75, 3.05) is 12.1 Å². The molecule has 0 atom stereocenters. The van der Waals surface area contributed by atoms with E-state index in [1.165, 1.54) is 10.6 Å². The molecule has 1 aliphatic rings. The third-order valence-corrected chi connectivity index (χ3v) is 3.76. The first kappa shape index (κ1) is 14.3. The highest BCUT2D eigenvalue weighted by Gasteiger charge is 2.27. The minimum absolute atomic E-state index is 0.00947. The lowest BCUT2D eigenvalue weighted by Crippen LogP contribution is -2.20. The van der Waals surface area contributed by atoms with Gasteiger partial charge in [-0.1, -0.05) is 29.8 Å². The summed E-state index contributed by atoms with van der Waals surface area (Å²) in [6, 6.07) is 13.6. The van der Waals surface area contributed by atoms with Crippen molar-refractivity contribution in [1.82, 2.24) is 0 Å². The Balaban J connectivity index is 1.97. The van der Waals surface area contributed by atoms with Gasteiger partial charge < -0.3 is 4.74 Å². The molecule has 4 heteroatoms. The van der Waals surface area contributed by atoms with Gasteiger partial charge in [-0.25, -0.2) is 0 Å². The molecule has 0 fully saturated rings. The Labute approximate surface area is 130 Å². The maximum absolute atomic E-state index is 12.3. The van der Waals surface area contributed by atoms with E-state index in [1.54, 1.807) is 7.11 Å². The summed E-state index contributed by atoms with van der Waals surface area (Å²) in [7, 11) is 1.63. The van der Waals surface area contributed by atoms with Crippen LogP contribution in [0.2, 0.25) is 0 Å². The van der Waals surface area contributed by atoms with E-state index < -0.39 is 0 Å². The summed E-state index contributed by atoms with van der Waals surface area (Å²) in [5.74, 6) is 0.752. The quantitative estimate of drug-likeness (QED) is 0.870. The second-order valence-corrected chi connectivity index (χ2v) is 5.45. The van der Waals surface area contributed by atoms with E-state index in [9.17, 15) is 4.79 Å². The number of methoxy groups -OCH3 is 1. The number of carbonyl (C=O) groups excluding carboxylic acids is 1. The molecule has 2 aromatic rings. The fourth-order valence-electron chi connectivity index (χ4n) is 2.62. The van der Waals surface area contributed by atoms with Crippen LogP contribution in [-0.4, -0.2) is 18.7 Å². The van der Waals surface area contributed by atoms with Crippen LogP contribution < -0.4 is 9.75 Å². The van der Waals surface area contributed by atoms with Gasteiger partial charge in [0.05, 0.1) is 24.9 Å². The monoisotopic (exact) mass is 294 g/mol. The molecule has 0 bridgehead atoms. The number of hydrogen-bond acceptors (Lipinski definition) is 3. The molecule has 2 aromatic carbocycles. The van der Waals surface area contributed by atoms with E-state index in [4.69, 9.17) is 4.74 Å². The first-order valence-corrected chi connectivity index (χ1v) is 7.20. The zero-order valence-electron chi connectivity index (χ0n) is 13.0. The van der Waals surface area contributed by atoms with Crippen LogP contribution >= 0.6 is 0 Å². The molecule has 1 aliphatic heterocycles. The third-order valence-electron chi connectivity index (χ3n) is 3.76. The SMILES string of the molecule is COc1cccc(C2=NN(c3ccc(C)cc3C)C(=O)C2)c1.